The van der Waals surface area contributed by atoms with Crippen molar-refractivity contribution in [2.45, 2.75) is 0 Å². The second-order valence-electron chi connectivity index (χ2n) is 5.14. The molecule has 0 saturated heterocycles. The van der Waals surface area contributed by atoms with Gasteiger partial charge in [-0.25, -0.2) is 9.78 Å². The first-order chi connectivity index (χ1) is 12.7. The van der Waals surface area contributed by atoms with Crippen LogP contribution in [-0.2, 0) is 4.74 Å². The zero-order valence-corrected chi connectivity index (χ0v) is 14.7. The van der Waals surface area contributed by atoms with Crippen LogP contribution >= 0.6 is 11.3 Å². The Kier molecular flexibility index (Phi) is 5.45. The molecule has 0 aliphatic heterocycles. The summed E-state index contributed by atoms with van der Waals surface area (Å²) >= 11 is 1.25. The fourth-order valence-electron chi connectivity index (χ4n) is 2.11. The summed E-state index contributed by atoms with van der Waals surface area (Å²) in [4.78, 5) is 16.1. The Balaban J connectivity index is 1.81. The monoisotopic (exact) mass is 368 g/mol. The molecule has 3 rings (SSSR count). The average molecular weight is 368 g/mol. The summed E-state index contributed by atoms with van der Waals surface area (Å²) in [6, 6.07) is 16.1. The number of hydrogen-bond donors (Lipinski definition) is 3. The fraction of sp³-hybridized carbons (Fsp3) is 0.0556. The van der Waals surface area contributed by atoms with Gasteiger partial charge in [-0.1, -0.05) is 41.7 Å². The molecule has 0 unspecified atom stereocenters. The Morgan fingerprint density at radius 2 is 1.92 bits per heavy atom. The van der Waals surface area contributed by atoms with Crippen LogP contribution in [0.4, 0.5) is 14.9 Å². The quantitative estimate of drug-likeness (QED) is 0.465. The summed E-state index contributed by atoms with van der Waals surface area (Å²) in [5, 5.41) is 17.2. The number of benzene rings is 2. The highest BCUT2D eigenvalue weighted by Crippen LogP contribution is 2.35. The van der Waals surface area contributed by atoms with E-state index in [9.17, 15) is 9.90 Å². The number of ether oxygens (including phenoxy) is 1. The van der Waals surface area contributed by atoms with E-state index in [4.69, 9.17) is 0 Å². The molecule has 0 atom stereocenters. The van der Waals surface area contributed by atoms with Crippen LogP contribution in [0.5, 0.6) is 5.75 Å². The van der Waals surface area contributed by atoms with Gasteiger partial charge in [0.05, 0.1) is 13.3 Å². The lowest BCUT2D eigenvalue weighted by Gasteiger charge is -2.03. The summed E-state index contributed by atoms with van der Waals surface area (Å²) in [5.41, 5.74) is 5.17. The molecule has 2 aromatic carbocycles. The Hall–Kier alpha value is -3.39. The first-order valence-electron chi connectivity index (χ1n) is 7.65. The lowest BCUT2D eigenvalue weighted by Crippen LogP contribution is -2.10. The number of nitrogens with zero attached hydrogens (tertiary/aromatic N) is 2. The number of phenols is 1. The van der Waals surface area contributed by atoms with Gasteiger partial charge in [0.2, 0.25) is 5.13 Å². The zero-order valence-electron chi connectivity index (χ0n) is 13.8. The van der Waals surface area contributed by atoms with Gasteiger partial charge in [0.25, 0.3) is 0 Å². The molecule has 3 aromatic rings. The Labute approximate surface area is 154 Å². The molecular formula is C18H16N4O3S. The van der Waals surface area contributed by atoms with Crippen molar-refractivity contribution in [1.82, 2.24) is 4.98 Å². The van der Waals surface area contributed by atoms with E-state index in [1.165, 1.54) is 18.4 Å². The van der Waals surface area contributed by atoms with E-state index in [0.717, 1.165) is 11.1 Å². The van der Waals surface area contributed by atoms with E-state index in [-0.39, 0.29) is 5.75 Å². The third kappa shape index (κ3) is 4.37. The van der Waals surface area contributed by atoms with Crippen LogP contribution in [0.2, 0.25) is 0 Å². The van der Waals surface area contributed by atoms with Crippen LogP contribution in [0.15, 0.2) is 59.7 Å². The summed E-state index contributed by atoms with van der Waals surface area (Å²) in [6.07, 6.45) is 1.04. The molecular weight excluding hydrogens is 352 g/mol. The summed E-state index contributed by atoms with van der Waals surface area (Å²) in [5.74, 6) is 0.195. The highest BCUT2D eigenvalue weighted by molar-refractivity contribution is 7.20. The number of phenolic OH excluding ortho intramolecular Hbond substituents is 1. The van der Waals surface area contributed by atoms with Gasteiger partial charge in [-0.05, 0) is 29.8 Å². The van der Waals surface area contributed by atoms with E-state index in [0.29, 0.717) is 15.8 Å². The topological polar surface area (TPSA) is 95.8 Å². The maximum absolute atomic E-state index is 11.6. The number of aromatic hydroxyl groups is 1. The van der Waals surface area contributed by atoms with E-state index < -0.39 is 6.09 Å². The van der Waals surface area contributed by atoms with Crippen molar-refractivity contribution in [2.24, 2.45) is 5.10 Å². The number of thiazole rings is 1. The van der Waals surface area contributed by atoms with Crippen molar-refractivity contribution in [3.8, 4) is 17.0 Å². The van der Waals surface area contributed by atoms with Crippen LogP contribution in [0.3, 0.4) is 0 Å². The highest BCUT2D eigenvalue weighted by Gasteiger charge is 2.15. The maximum Gasteiger partial charge on any atom is 0.412 e. The molecule has 8 heteroatoms. The molecule has 0 aliphatic carbocycles. The average Bonchev–Trinajstić information content (AvgIpc) is 3.06. The minimum absolute atomic E-state index is 0.195. The molecule has 0 spiro atoms. The molecule has 1 aromatic heterocycles. The number of hydrogen-bond acceptors (Lipinski definition) is 7. The number of nitrogens with one attached hydrogen (secondary N) is 2. The third-order valence-corrected chi connectivity index (χ3v) is 4.22. The molecule has 7 nitrogen and oxygen atoms in total. The molecule has 0 radical (unpaired) electrons. The number of amides is 1. The van der Waals surface area contributed by atoms with E-state index in [1.807, 2.05) is 30.3 Å². The summed E-state index contributed by atoms with van der Waals surface area (Å²) in [7, 11) is 1.31. The van der Waals surface area contributed by atoms with E-state index in [1.54, 1.807) is 30.5 Å². The van der Waals surface area contributed by atoms with Crippen molar-refractivity contribution < 1.29 is 14.6 Å². The Morgan fingerprint density at radius 1 is 1.19 bits per heavy atom. The Morgan fingerprint density at radius 3 is 2.62 bits per heavy atom. The molecule has 0 saturated carbocycles. The lowest BCUT2D eigenvalue weighted by atomic mass is 10.2. The van der Waals surface area contributed by atoms with Crippen LogP contribution in [-0.4, -0.2) is 29.5 Å². The number of rotatable bonds is 5. The zero-order chi connectivity index (χ0) is 18.4. The minimum Gasteiger partial charge on any atom is -0.508 e. The van der Waals surface area contributed by atoms with Gasteiger partial charge in [0.1, 0.15) is 16.4 Å². The predicted molar refractivity (Wildman–Crippen MR) is 103 cm³/mol. The first kappa shape index (κ1) is 17.4. The summed E-state index contributed by atoms with van der Waals surface area (Å²) < 4.78 is 4.66. The largest absolute Gasteiger partial charge is 0.508 e. The van der Waals surface area contributed by atoms with Crippen molar-refractivity contribution in [3.05, 3.63) is 60.2 Å². The van der Waals surface area contributed by atoms with Gasteiger partial charge in [-0.3, -0.25) is 10.7 Å². The molecule has 1 amide bonds. The molecule has 0 fully saturated rings. The van der Waals surface area contributed by atoms with Crippen molar-refractivity contribution in [2.75, 3.05) is 17.9 Å². The van der Waals surface area contributed by atoms with Crippen LogP contribution in [0.1, 0.15) is 5.56 Å². The molecule has 26 heavy (non-hydrogen) atoms. The number of anilines is 2. The predicted octanol–water partition coefficient (Wildman–Crippen LogP) is 4.14. The van der Waals surface area contributed by atoms with E-state index in [2.05, 4.69) is 25.6 Å². The van der Waals surface area contributed by atoms with Gasteiger partial charge < -0.3 is 9.84 Å². The Bertz CT molecular complexity index is 908. The number of aromatic nitrogens is 1. The number of methoxy groups -OCH3 is 1. The lowest BCUT2D eigenvalue weighted by molar-refractivity contribution is 0.187. The smallest absolute Gasteiger partial charge is 0.412 e. The van der Waals surface area contributed by atoms with E-state index >= 15 is 0 Å². The van der Waals surface area contributed by atoms with Gasteiger partial charge in [0.15, 0.2) is 0 Å². The molecule has 0 aliphatic rings. The fourth-order valence-corrected chi connectivity index (χ4v) is 2.93. The first-order valence-corrected chi connectivity index (χ1v) is 8.46. The SMILES string of the molecule is COC(=O)Nc1sc(NN=Cc2ccc(O)cc2)nc1-c1ccccc1. The van der Waals surface area contributed by atoms with Gasteiger partial charge in [-0.2, -0.15) is 5.10 Å². The van der Waals surface area contributed by atoms with Gasteiger partial charge >= 0.3 is 6.09 Å². The molecule has 0 bridgehead atoms. The number of carbonyl (C=O) groups is 1. The number of carbonyl (C=O) groups excluding carboxylic acids is 1. The van der Waals surface area contributed by atoms with Crippen LogP contribution in [0.25, 0.3) is 11.3 Å². The second-order valence-corrected chi connectivity index (χ2v) is 6.14. The van der Waals surface area contributed by atoms with Crippen LogP contribution in [0, 0.1) is 0 Å². The van der Waals surface area contributed by atoms with Crippen LogP contribution < -0.4 is 10.7 Å². The van der Waals surface area contributed by atoms with Crippen molar-refractivity contribution >= 4 is 33.8 Å². The molecule has 132 valence electrons. The minimum atomic E-state index is -0.565. The highest BCUT2D eigenvalue weighted by atomic mass is 32.1. The van der Waals surface area contributed by atoms with Gasteiger partial charge in [-0.15, -0.1) is 0 Å². The normalized spacial score (nSPS) is 10.7. The number of hydrazone groups is 1. The molecule has 3 N–H and O–H groups in total. The van der Waals surface area contributed by atoms with Gasteiger partial charge in [0, 0.05) is 5.56 Å². The third-order valence-electron chi connectivity index (χ3n) is 3.34. The molecule has 1 heterocycles. The summed E-state index contributed by atoms with van der Waals surface area (Å²) in [6.45, 7) is 0. The second kappa shape index (κ2) is 8.13. The standard InChI is InChI=1S/C18H16N4O3S/c1-25-18(24)21-16-15(13-5-3-2-4-6-13)20-17(26-16)22-19-11-12-7-9-14(23)10-8-12/h2-11,23H,1H3,(H,20,22)(H,21,24). The maximum atomic E-state index is 11.6. The van der Waals surface area contributed by atoms with Crippen molar-refractivity contribution in [3.63, 3.8) is 0 Å². The van der Waals surface area contributed by atoms with Crippen molar-refractivity contribution in [1.29, 1.82) is 0 Å².